The summed E-state index contributed by atoms with van der Waals surface area (Å²) >= 11 is 6.12. The Kier molecular flexibility index (Phi) is 5.32. The first-order chi connectivity index (χ1) is 12.5. The molecule has 1 heterocycles. The second kappa shape index (κ2) is 7.66. The van der Waals surface area contributed by atoms with Crippen molar-refractivity contribution < 1.29 is 14.3 Å². The molecule has 1 aliphatic carbocycles. The Morgan fingerprint density at radius 2 is 2.19 bits per heavy atom. The Labute approximate surface area is 156 Å². The van der Waals surface area contributed by atoms with Gasteiger partial charge in [0.2, 0.25) is 5.78 Å². The number of carbonyl (C=O) groups excluding carboxylic acids is 2. The monoisotopic (exact) mass is 371 g/mol. The topological polar surface area (TPSA) is 81.2 Å². The van der Waals surface area contributed by atoms with E-state index in [1.54, 1.807) is 26.1 Å². The van der Waals surface area contributed by atoms with Gasteiger partial charge in [0.05, 0.1) is 6.20 Å². The zero-order valence-electron chi connectivity index (χ0n) is 14.5. The first-order valence-corrected chi connectivity index (χ1v) is 8.62. The minimum atomic E-state index is -0.128. The molecule has 1 aromatic carbocycles. The van der Waals surface area contributed by atoms with Gasteiger partial charge in [0.1, 0.15) is 17.5 Å². The Balaban J connectivity index is 1.84. The Morgan fingerprint density at radius 1 is 1.38 bits per heavy atom. The van der Waals surface area contributed by atoms with Gasteiger partial charge in [0.15, 0.2) is 17.4 Å². The van der Waals surface area contributed by atoms with Crippen LogP contribution in [0.5, 0.6) is 0 Å². The maximum Gasteiger partial charge on any atom is 0.201 e. The summed E-state index contributed by atoms with van der Waals surface area (Å²) in [5.74, 6) is 1.16. The summed E-state index contributed by atoms with van der Waals surface area (Å²) < 4.78 is 5.40. The van der Waals surface area contributed by atoms with Crippen molar-refractivity contribution in [2.45, 2.75) is 26.7 Å². The number of Topliss-reactive ketones (excluding diaryl/α,β-unsaturated/α-hetero) is 2. The van der Waals surface area contributed by atoms with Gasteiger partial charge in [-0.3, -0.25) is 9.59 Å². The number of hydrogen-bond acceptors (Lipinski definition) is 6. The van der Waals surface area contributed by atoms with Crippen LogP contribution in [-0.4, -0.2) is 28.1 Å². The van der Waals surface area contributed by atoms with Crippen molar-refractivity contribution in [3.63, 3.8) is 0 Å². The van der Waals surface area contributed by atoms with E-state index < -0.39 is 0 Å². The molecule has 7 heteroatoms. The van der Waals surface area contributed by atoms with Gasteiger partial charge >= 0.3 is 0 Å². The lowest BCUT2D eigenvalue weighted by Gasteiger charge is -2.17. The fourth-order valence-corrected chi connectivity index (χ4v) is 2.65. The number of ketones is 2. The summed E-state index contributed by atoms with van der Waals surface area (Å²) in [7, 11) is 0. The van der Waals surface area contributed by atoms with E-state index in [4.69, 9.17) is 16.3 Å². The van der Waals surface area contributed by atoms with E-state index >= 15 is 0 Å². The Morgan fingerprint density at radius 3 is 2.96 bits per heavy atom. The number of ether oxygens (including phenoxy) is 1. The van der Waals surface area contributed by atoms with Gasteiger partial charge in [-0.15, -0.1) is 0 Å². The molecule has 2 aromatic rings. The number of hydrogen-bond donors (Lipinski definition) is 1. The highest BCUT2D eigenvalue weighted by molar-refractivity contribution is 6.32. The molecule has 0 amide bonds. The number of nitrogens with one attached hydrogen (secondary N) is 1. The van der Waals surface area contributed by atoms with Crippen LogP contribution < -0.4 is 5.32 Å². The zero-order valence-corrected chi connectivity index (χ0v) is 15.3. The van der Waals surface area contributed by atoms with Gasteiger partial charge in [-0.25, -0.2) is 9.97 Å². The number of anilines is 2. The Hall–Kier alpha value is -2.73. The number of benzene rings is 1. The van der Waals surface area contributed by atoms with Crippen molar-refractivity contribution >= 4 is 40.7 Å². The number of rotatable bonds is 6. The third-order valence-electron chi connectivity index (χ3n) is 3.97. The maximum absolute atomic E-state index is 12.2. The van der Waals surface area contributed by atoms with Gasteiger partial charge in [-0.05, 0) is 36.3 Å². The number of aromatic nitrogens is 2. The standard InChI is InChI=1S/C19H18ClN3O3/c1-3-15(24)10-26-18-8-13-6-14(5-4-12(13)7-17(18)25)23-19-16(20)9-21-11(2)22-19/h4-6,8-9H,3,7,10H2,1-2H3,(H,21,22,23). The molecule has 0 fully saturated rings. The molecule has 1 aromatic heterocycles. The van der Waals surface area contributed by atoms with Crippen LogP contribution >= 0.6 is 11.6 Å². The lowest BCUT2D eigenvalue weighted by Crippen LogP contribution is -2.17. The van der Waals surface area contributed by atoms with Crippen LogP contribution in [0, 0.1) is 6.92 Å². The highest BCUT2D eigenvalue weighted by Crippen LogP contribution is 2.28. The van der Waals surface area contributed by atoms with Crippen LogP contribution in [0.1, 0.15) is 30.3 Å². The molecule has 0 radical (unpaired) electrons. The molecule has 0 spiro atoms. The molecular formula is C19H18ClN3O3. The first kappa shape index (κ1) is 18.1. The normalized spacial score (nSPS) is 13.0. The smallest absolute Gasteiger partial charge is 0.201 e. The maximum atomic E-state index is 12.2. The van der Waals surface area contributed by atoms with E-state index in [1.807, 2.05) is 18.2 Å². The molecule has 26 heavy (non-hydrogen) atoms. The number of fused-ring (bicyclic) bond motifs is 1. The number of aryl methyl sites for hydroxylation is 1. The zero-order chi connectivity index (χ0) is 18.7. The molecular weight excluding hydrogens is 354 g/mol. The van der Waals surface area contributed by atoms with Crippen LogP contribution in [0.15, 0.2) is 30.2 Å². The van der Waals surface area contributed by atoms with E-state index in [0.717, 1.165) is 16.8 Å². The summed E-state index contributed by atoms with van der Waals surface area (Å²) in [6, 6.07) is 5.63. The average Bonchev–Trinajstić information content (AvgIpc) is 2.63. The second-order valence-corrected chi connectivity index (χ2v) is 6.35. The molecule has 0 atom stereocenters. The SMILES string of the molecule is CCC(=O)COC1=Cc2cc(Nc3nc(C)ncc3Cl)ccc2CC1=O. The van der Waals surface area contributed by atoms with Crippen molar-refractivity contribution in [1.82, 2.24) is 9.97 Å². The minimum Gasteiger partial charge on any atom is -0.482 e. The van der Waals surface area contributed by atoms with Crippen molar-refractivity contribution in [2.24, 2.45) is 0 Å². The van der Waals surface area contributed by atoms with E-state index in [1.165, 1.54) is 0 Å². The first-order valence-electron chi connectivity index (χ1n) is 8.24. The fourth-order valence-electron chi connectivity index (χ4n) is 2.51. The molecule has 0 saturated carbocycles. The largest absolute Gasteiger partial charge is 0.482 e. The van der Waals surface area contributed by atoms with Crippen molar-refractivity contribution in [3.8, 4) is 0 Å². The Bertz CT molecular complexity index is 909. The van der Waals surface area contributed by atoms with Crippen LogP contribution in [0.2, 0.25) is 5.02 Å². The number of nitrogens with zero attached hydrogens (tertiary/aromatic N) is 2. The van der Waals surface area contributed by atoms with E-state index in [0.29, 0.717) is 23.1 Å². The molecule has 6 nitrogen and oxygen atoms in total. The highest BCUT2D eigenvalue weighted by Gasteiger charge is 2.21. The molecule has 0 saturated heterocycles. The molecule has 1 N–H and O–H groups in total. The summed E-state index contributed by atoms with van der Waals surface area (Å²) in [4.78, 5) is 31.9. The molecule has 0 aliphatic heterocycles. The predicted octanol–water partition coefficient (Wildman–Crippen LogP) is 3.64. The molecule has 3 rings (SSSR count). The summed E-state index contributed by atoms with van der Waals surface area (Å²) in [5, 5.41) is 3.57. The summed E-state index contributed by atoms with van der Waals surface area (Å²) in [5.41, 5.74) is 2.54. The summed E-state index contributed by atoms with van der Waals surface area (Å²) in [6.45, 7) is 3.46. The summed E-state index contributed by atoms with van der Waals surface area (Å²) in [6.07, 6.45) is 3.84. The van der Waals surface area contributed by atoms with E-state index in [9.17, 15) is 9.59 Å². The highest BCUT2D eigenvalue weighted by atomic mass is 35.5. The quantitative estimate of drug-likeness (QED) is 0.834. The lowest BCUT2D eigenvalue weighted by molar-refractivity contribution is -0.124. The van der Waals surface area contributed by atoms with Gasteiger partial charge in [-0.2, -0.15) is 0 Å². The van der Waals surface area contributed by atoms with Crippen LogP contribution in [0.4, 0.5) is 11.5 Å². The minimum absolute atomic E-state index is 0.0475. The van der Waals surface area contributed by atoms with E-state index in [2.05, 4.69) is 15.3 Å². The van der Waals surface area contributed by atoms with E-state index in [-0.39, 0.29) is 30.4 Å². The van der Waals surface area contributed by atoms with Gasteiger partial charge in [-0.1, -0.05) is 24.6 Å². The van der Waals surface area contributed by atoms with Crippen molar-refractivity contribution in [2.75, 3.05) is 11.9 Å². The van der Waals surface area contributed by atoms with Crippen LogP contribution in [-0.2, 0) is 20.7 Å². The van der Waals surface area contributed by atoms with Gasteiger partial charge in [0, 0.05) is 18.5 Å². The average molecular weight is 372 g/mol. The predicted molar refractivity (Wildman–Crippen MR) is 99.4 cm³/mol. The van der Waals surface area contributed by atoms with Crippen LogP contribution in [0.25, 0.3) is 6.08 Å². The second-order valence-electron chi connectivity index (χ2n) is 5.94. The molecule has 0 bridgehead atoms. The molecule has 1 aliphatic rings. The third kappa shape index (κ3) is 4.08. The van der Waals surface area contributed by atoms with Gasteiger partial charge < -0.3 is 10.1 Å². The fraction of sp³-hybridized carbons (Fsp3) is 0.263. The van der Waals surface area contributed by atoms with Gasteiger partial charge in [0.25, 0.3) is 0 Å². The molecule has 134 valence electrons. The van der Waals surface area contributed by atoms with Crippen molar-refractivity contribution in [1.29, 1.82) is 0 Å². The number of carbonyl (C=O) groups is 2. The number of halogens is 1. The van der Waals surface area contributed by atoms with Crippen molar-refractivity contribution in [3.05, 3.63) is 52.1 Å². The molecule has 0 unspecified atom stereocenters. The van der Waals surface area contributed by atoms with Crippen LogP contribution in [0.3, 0.4) is 0 Å². The number of allylic oxidation sites excluding steroid dienone is 1. The lowest BCUT2D eigenvalue weighted by atomic mass is 9.95. The third-order valence-corrected chi connectivity index (χ3v) is 4.25.